The minimum Gasteiger partial charge on any atom is -0.460 e. The fraction of sp³-hybridized carbons (Fsp3) is 0.429. The van der Waals surface area contributed by atoms with E-state index in [0.29, 0.717) is 6.04 Å². The first-order valence-corrected chi connectivity index (χ1v) is 6.37. The highest BCUT2D eigenvalue weighted by atomic mass is 16.5. The van der Waals surface area contributed by atoms with Gasteiger partial charge >= 0.3 is 5.97 Å². The number of aromatic nitrogens is 2. The average Bonchev–Trinajstić information content (AvgIpc) is 2.79. The summed E-state index contributed by atoms with van der Waals surface area (Å²) in [6, 6.07) is 6.32. The van der Waals surface area contributed by atoms with Crippen molar-refractivity contribution in [1.29, 1.82) is 0 Å². The Kier molecular flexibility index (Phi) is 4.16. The Labute approximate surface area is 112 Å². The first kappa shape index (κ1) is 13.5. The van der Waals surface area contributed by atoms with E-state index in [-0.39, 0.29) is 19.1 Å². The number of nitrogens with one attached hydrogen (secondary N) is 1. The SMILES string of the molecule is CNCC(=O)OCc1ccc2c(c1)ncn2C(C)C. The Morgan fingerprint density at radius 1 is 1.47 bits per heavy atom. The van der Waals surface area contributed by atoms with Crippen molar-refractivity contribution >= 4 is 17.0 Å². The maximum Gasteiger partial charge on any atom is 0.320 e. The molecule has 5 nitrogen and oxygen atoms in total. The molecule has 0 aliphatic carbocycles. The van der Waals surface area contributed by atoms with Crippen LogP contribution in [0, 0.1) is 0 Å². The molecule has 1 aromatic heterocycles. The molecule has 0 unspecified atom stereocenters. The molecule has 0 aliphatic rings. The zero-order valence-corrected chi connectivity index (χ0v) is 11.5. The molecule has 19 heavy (non-hydrogen) atoms. The molecule has 0 atom stereocenters. The molecule has 2 rings (SSSR count). The maximum absolute atomic E-state index is 11.3. The Morgan fingerprint density at radius 2 is 2.26 bits per heavy atom. The monoisotopic (exact) mass is 261 g/mol. The molecular formula is C14H19N3O2. The molecule has 1 N–H and O–H groups in total. The van der Waals surface area contributed by atoms with Gasteiger partial charge in [0.25, 0.3) is 0 Å². The molecule has 102 valence electrons. The standard InChI is InChI=1S/C14H19N3O2/c1-10(2)17-9-16-12-6-11(4-5-13(12)17)8-19-14(18)7-15-3/h4-6,9-10,15H,7-8H2,1-3H3. The van der Waals surface area contributed by atoms with Crippen LogP contribution in [0.4, 0.5) is 0 Å². The highest BCUT2D eigenvalue weighted by Crippen LogP contribution is 2.19. The number of carbonyl (C=O) groups is 1. The summed E-state index contributed by atoms with van der Waals surface area (Å²) in [4.78, 5) is 15.6. The minimum absolute atomic E-state index is 0.226. The molecular weight excluding hydrogens is 242 g/mol. The average molecular weight is 261 g/mol. The second-order valence-electron chi connectivity index (χ2n) is 4.76. The van der Waals surface area contributed by atoms with Crippen molar-refractivity contribution in [2.45, 2.75) is 26.5 Å². The van der Waals surface area contributed by atoms with Gasteiger partial charge in [0.05, 0.1) is 23.9 Å². The number of esters is 1. The topological polar surface area (TPSA) is 56.1 Å². The summed E-state index contributed by atoms with van der Waals surface area (Å²) in [5, 5.41) is 2.76. The minimum atomic E-state index is -0.254. The first-order chi connectivity index (χ1) is 9.11. The van der Waals surface area contributed by atoms with E-state index in [1.54, 1.807) is 7.05 Å². The third-order valence-corrected chi connectivity index (χ3v) is 2.92. The van der Waals surface area contributed by atoms with Crippen LogP contribution >= 0.6 is 0 Å². The second kappa shape index (κ2) is 5.84. The third-order valence-electron chi connectivity index (χ3n) is 2.92. The maximum atomic E-state index is 11.3. The molecule has 1 aromatic carbocycles. The molecule has 0 spiro atoms. The lowest BCUT2D eigenvalue weighted by Crippen LogP contribution is -2.20. The van der Waals surface area contributed by atoms with Gasteiger partial charge < -0.3 is 14.6 Å². The Morgan fingerprint density at radius 3 is 2.95 bits per heavy atom. The van der Waals surface area contributed by atoms with E-state index in [2.05, 4.69) is 28.7 Å². The summed E-state index contributed by atoms with van der Waals surface area (Å²) in [5.41, 5.74) is 2.97. The fourth-order valence-corrected chi connectivity index (χ4v) is 1.94. The number of rotatable bonds is 5. The number of hydrogen-bond acceptors (Lipinski definition) is 4. The molecule has 0 radical (unpaired) electrons. The first-order valence-electron chi connectivity index (χ1n) is 6.37. The van der Waals surface area contributed by atoms with Crippen LogP contribution in [0.25, 0.3) is 11.0 Å². The Balaban J connectivity index is 2.12. The van der Waals surface area contributed by atoms with Crippen molar-refractivity contribution < 1.29 is 9.53 Å². The van der Waals surface area contributed by atoms with Crippen molar-refractivity contribution in [2.75, 3.05) is 13.6 Å². The van der Waals surface area contributed by atoms with Gasteiger partial charge in [0, 0.05) is 6.04 Å². The predicted octanol–water partition coefficient (Wildman–Crippen LogP) is 1.88. The van der Waals surface area contributed by atoms with Gasteiger partial charge in [-0.3, -0.25) is 4.79 Å². The largest absolute Gasteiger partial charge is 0.460 e. The van der Waals surface area contributed by atoms with Crippen LogP contribution in [0.15, 0.2) is 24.5 Å². The van der Waals surface area contributed by atoms with Crippen LogP contribution in [0.3, 0.4) is 0 Å². The fourth-order valence-electron chi connectivity index (χ4n) is 1.94. The molecule has 2 aromatic rings. The molecule has 0 amide bonds. The third kappa shape index (κ3) is 3.12. The number of fused-ring (bicyclic) bond motifs is 1. The lowest BCUT2D eigenvalue weighted by atomic mass is 10.2. The van der Waals surface area contributed by atoms with Gasteiger partial charge in [-0.05, 0) is 38.6 Å². The van der Waals surface area contributed by atoms with Crippen LogP contribution < -0.4 is 5.32 Å². The van der Waals surface area contributed by atoms with E-state index in [0.717, 1.165) is 16.6 Å². The van der Waals surface area contributed by atoms with Gasteiger partial charge in [0.1, 0.15) is 6.61 Å². The van der Waals surface area contributed by atoms with Crippen molar-refractivity contribution in [1.82, 2.24) is 14.9 Å². The van der Waals surface area contributed by atoms with E-state index < -0.39 is 0 Å². The summed E-state index contributed by atoms with van der Waals surface area (Å²) in [6.07, 6.45) is 1.84. The summed E-state index contributed by atoms with van der Waals surface area (Å²) in [5.74, 6) is -0.254. The van der Waals surface area contributed by atoms with Crippen LogP contribution in [0.5, 0.6) is 0 Å². The molecule has 0 saturated carbocycles. The van der Waals surface area contributed by atoms with Gasteiger partial charge in [0.15, 0.2) is 0 Å². The number of benzene rings is 1. The summed E-state index contributed by atoms with van der Waals surface area (Å²) in [6.45, 7) is 4.75. The smallest absolute Gasteiger partial charge is 0.320 e. The van der Waals surface area contributed by atoms with Crippen LogP contribution in [-0.2, 0) is 16.1 Å². The van der Waals surface area contributed by atoms with Gasteiger partial charge in [-0.15, -0.1) is 0 Å². The lowest BCUT2D eigenvalue weighted by molar-refractivity contribution is -0.143. The summed E-state index contributed by atoms with van der Waals surface area (Å²) >= 11 is 0. The van der Waals surface area contributed by atoms with Gasteiger partial charge in [0.2, 0.25) is 0 Å². The molecule has 0 fully saturated rings. The number of carbonyl (C=O) groups excluding carboxylic acids is 1. The van der Waals surface area contributed by atoms with E-state index in [4.69, 9.17) is 4.74 Å². The van der Waals surface area contributed by atoms with E-state index >= 15 is 0 Å². The van der Waals surface area contributed by atoms with E-state index in [1.165, 1.54) is 0 Å². The Bertz CT molecular complexity index is 575. The number of likely N-dealkylation sites (N-methyl/N-ethyl adjacent to an activating group) is 1. The summed E-state index contributed by atoms with van der Waals surface area (Å²) < 4.78 is 7.25. The quantitative estimate of drug-likeness (QED) is 0.835. The van der Waals surface area contributed by atoms with Crippen LogP contribution in [-0.4, -0.2) is 29.1 Å². The number of nitrogens with zero attached hydrogens (tertiary/aromatic N) is 2. The molecule has 1 heterocycles. The number of imidazole rings is 1. The van der Waals surface area contributed by atoms with E-state index in [1.807, 2.05) is 24.5 Å². The summed E-state index contributed by atoms with van der Waals surface area (Å²) in [7, 11) is 1.71. The van der Waals surface area contributed by atoms with Crippen molar-refractivity contribution in [3.63, 3.8) is 0 Å². The predicted molar refractivity (Wildman–Crippen MR) is 73.8 cm³/mol. The van der Waals surface area contributed by atoms with Gasteiger partial charge in [-0.25, -0.2) is 4.98 Å². The molecule has 5 heteroatoms. The normalized spacial score (nSPS) is 11.2. The van der Waals surface area contributed by atoms with Crippen LogP contribution in [0.1, 0.15) is 25.5 Å². The molecule has 0 aliphatic heterocycles. The van der Waals surface area contributed by atoms with Gasteiger partial charge in [-0.1, -0.05) is 6.07 Å². The zero-order valence-electron chi connectivity index (χ0n) is 11.5. The zero-order chi connectivity index (χ0) is 13.8. The number of ether oxygens (including phenoxy) is 1. The van der Waals surface area contributed by atoms with Crippen molar-refractivity contribution in [2.24, 2.45) is 0 Å². The van der Waals surface area contributed by atoms with Crippen molar-refractivity contribution in [3.8, 4) is 0 Å². The number of hydrogen-bond donors (Lipinski definition) is 1. The van der Waals surface area contributed by atoms with Crippen LogP contribution in [0.2, 0.25) is 0 Å². The second-order valence-corrected chi connectivity index (χ2v) is 4.76. The lowest BCUT2D eigenvalue weighted by Gasteiger charge is -2.08. The Hall–Kier alpha value is -1.88. The van der Waals surface area contributed by atoms with E-state index in [9.17, 15) is 4.79 Å². The molecule has 0 saturated heterocycles. The van der Waals surface area contributed by atoms with Gasteiger partial charge in [-0.2, -0.15) is 0 Å². The molecule has 0 bridgehead atoms. The highest BCUT2D eigenvalue weighted by Gasteiger charge is 2.07. The highest BCUT2D eigenvalue weighted by molar-refractivity contribution is 5.76. The van der Waals surface area contributed by atoms with Crippen molar-refractivity contribution in [3.05, 3.63) is 30.1 Å².